The number of carbonyl (C=O) groups is 2. The SMILES string of the molecule is CC(Cc1ccccc1)NC(=O)NC1COCC1C(=O)O. The van der Waals surface area contributed by atoms with E-state index in [-0.39, 0.29) is 25.3 Å². The molecular formula is C15H20N2O4. The number of nitrogens with one attached hydrogen (secondary N) is 2. The summed E-state index contributed by atoms with van der Waals surface area (Å²) in [5.41, 5.74) is 1.14. The van der Waals surface area contributed by atoms with Crippen LogP contribution in [0.5, 0.6) is 0 Å². The fourth-order valence-electron chi connectivity index (χ4n) is 2.39. The average Bonchev–Trinajstić information content (AvgIpc) is 2.87. The minimum Gasteiger partial charge on any atom is -0.481 e. The number of ether oxygens (including phenoxy) is 1. The van der Waals surface area contributed by atoms with Gasteiger partial charge in [-0.15, -0.1) is 0 Å². The number of aliphatic carboxylic acids is 1. The average molecular weight is 292 g/mol. The minimum atomic E-state index is -0.949. The fourth-order valence-corrected chi connectivity index (χ4v) is 2.39. The summed E-state index contributed by atoms with van der Waals surface area (Å²) in [6.07, 6.45) is 0.720. The smallest absolute Gasteiger partial charge is 0.315 e. The van der Waals surface area contributed by atoms with Crippen LogP contribution in [0.2, 0.25) is 0 Å². The van der Waals surface area contributed by atoms with Gasteiger partial charge in [-0.2, -0.15) is 0 Å². The lowest BCUT2D eigenvalue weighted by atomic mass is 10.0. The summed E-state index contributed by atoms with van der Waals surface area (Å²) < 4.78 is 5.11. The third kappa shape index (κ3) is 4.46. The molecular weight excluding hydrogens is 272 g/mol. The van der Waals surface area contributed by atoms with Crippen LogP contribution >= 0.6 is 0 Å². The summed E-state index contributed by atoms with van der Waals surface area (Å²) in [5, 5.41) is 14.5. The van der Waals surface area contributed by atoms with E-state index in [1.807, 2.05) is 37.3 Å². The minimum absolute atomic E-state index is 0.0435. The first kappa shape index (κ1) is 15.3. The van der Waals surface area contributed by atoms with Crippen LogP contribution in [0.25, 0.3) is 0 Å². The zero-order valence-corrected chi connectivity index (χ0v) is 11.9. The van der Waals surface area contributed by atoms with Crippen molar-refractivity contribution in [3.63, 3.8) is 0 Å². The molecule has 1 aliphatic heterocycles. The van der Waals surface area contributed by atoms with Gasteiger partial charge >= 0.3 is 12.0 Å². The zero-order valence-electron chi connectivity index (χ0n) is 11.9. The highest BCUT2D eigenvalue weighted by Crippen LogP contribution is 2.13. The summed E-state index contributed by atoms with van der Waals surface area (Å²) in [7, 11) is 0. The maximum Gasteiger partial charge on any atom is 0.315 e. The molecule has 0 spiro atoms. The van der Waals surface area contributed by atoms with Crippen molar-refractivity contribution >= 4 is 12.0 Å². The molecule has 0 bridgehead atoms. The second kappa shape index (κ2) is 7.08. The van der Waals surface area contributed by atoms with Crippen LogP contribution in [0, 0.1) is 5.92 Å². The number of urea groups is 1. The predicted molar refractivity (Wildman–Crippen MR) is 77.0 cm³/mol. The van der Waals surface area contributed by atoms with Gasteiger partial charge in [0.2, 0.25) is 0 Å². The fraction of sp³-hybridized carbons (Fsp3) is 0.467. The van der Waals surface area contributed by atoms with Crippen LogP contribution in [0.15, 0.2) is 30.3 Å². The zero-order chi connectivity index (χ0) is 15.2. The monoisotopic (exact) mass is 292 g/mol. The Balaban J connectivity index is 1.80. The lowest BCUT2D eigenvalue weighted by molar-refractivity contribution is -0.142. The standard InChI is InChI=1S/C15H20N2O4/c1-10(7-11-5-3-2-4-6-11)16-15(20)17-13-9-21-8-12(13)14(18)19/h2-6,10,12-13H,7-9H2,1H3,(H,18,19)(H2,16,17,20). The molecule has 6 heteroatoms. The number of hydrogen-bond acceptors (Lipinski definition) is 3. The van der Waals surface area contributed by atoms with E-state index in [1.54, 1.807) is 0 Å². The normalized spacial score (nSPS) is 22.5. The lowest BCUT2D eigenvalue weighted by Crippen LogP contribution is -2.49. The first-order valence-electron chi connectivity index (χ1n) is 6.97. The van der Waals surface area contributed by atoms with Gasteiger partial charge in [0.25, 0.3) is 0 Å². The summed E-state index contributed by atoms with van der Waals surface area (Å²) >= 11 is 0. The highest BCUT2D eigenvalue weighted by atomic mass is 16.5. The van der Waals surface area contributed by atoms with E-state index in [0.717, 1.165) is 12.0 Å². The van der Waals surface area contributed by atoms with Gasteiger partial charge in [0.15, 0.2) is 0 Å². The molecule has 1 fully saturated rings. The second-order valence-electron chi connectivity index (χ2n) is 5.30. The Labute approximate surface area is 123 Å². The Morgan fingerprint density at radius 1 is 1.33 bits per heavy atom. The number of amides is 2. The van der Waals surface area contributed by atoms with E-state index in [2.05, 4.69) is 10.6 Å². The van der Waals surface area contributed by atoms with Crippen molar-refractivity contribution in [2.45, 2.75) is 25.4 Å². The first-order valence-corrected chi connectivity index (χ1v) is 6.97. The highest BCUT2D eigenvalue weighted by molar-refractivity contribution is 5.77. The van der Waals surface area contributed by atoms with E-state index < -0.39 is 17.9 Å². The summed E-state index contributed by atoms with van der Waals surface area (Å²) in [6, 6.07) is 8.97. The number of carboxylic acid groups (broad SMARTS) is 1. The van der Waals surface area contributed by atoms with Crippen LogP contribution in [-0.4, -0.2) is 42.4 Å². The molecule has 1 aromatic carbocycles. The van der Waals surface area contributed by atoms with Gasteiger partial charge in [0.05, 0.1) is 19.3 Å². The Hall–Kier alpha value is -2.08. The first-order chi connectivity index (χ1) is 10.1. The van der Waals surface area contributed by atoms with Gasteiger partial charge in [-0.05, 0) is 18.9 Å². The molecule has 3 atom stereocenters. The number of carboxylic acids is 1. The van der Waals surface area contributed by atoms with E-state index in [9.17, 15) is 9.59 Å². The van der Waals surface area contributed by atoms with E-state index in [1.165, 1.54) is 0 Å². The number of benzene rings is 1. The van der Waals surface area contributed by atoms with Gasteiger partial charge < -0.3 is 20.5 Å². The van der Waals surface area contributed by atoms with Gasteiger partial charge in [0.1, 0.15) is 5.92 Å². The summed E-state index contributed by atoms with van der Waals surface area (Å²) in [4.78, 5) is 22.9. The Kier molecular flexibility index (Phi) is 5.16. The topological polar surface area (TPSA) is 87.7 Å². The number of carbonyl (C=O) groups excluding carboxylic acids is 1. The van der Waals surface area contributed by atoms with E-state index in [0.29, 0.717) is 0 Å². The highest BCUT2D eigenvalue weighted by Gasteiger charge is 2.35. The Bertz CT molecular complexity index is 492. The van der Waals surface area contributed by atoms with Crippen molar-refractivity contribution in [2.75, 3.05) is 13.2 Å². The van der Waals surface area contributed by atoms with E-state index in [4.69, 9.17) is 9.84 Å². The quantitative estimate of drug-likeness (QED) is 0.756. The van der Waals surface area contributed by atoms with Crippen LogP contribution in [-0.2, 0) is 16.0 Å². The Morgan fingerprint density at radius 3 is 2.71 bits per heavy atom. The van der Waals surface area contributed by atoms with Crippen LogP contribution in [0.4, 0.5) is 4.79 Å². The molecule has 1 heterocycles. The lowest BCUT2D eigenvalue weighted by Gasteiger charge is -2.19. The maximum absolute atomic E-state index is 11.9. The molecule has 1 aromatic rings. The third-order valence-electron chi connectivity index (χ3n) is 3.48. The molecule has 6 nitrogen and oxygen atoms in total. The molecule has 1 aliphatic rings. The van der Waals surface area contributed by atoms with Crippen LogP contribution < -0.4 is 10.6 Å². The largest absolute Gasteiger partial charge is 0.481 e. The number of hydrogen-bond donors (Lipinski definition) is 3. The van der Waals surface area contributed by atoms with Gasteiger partial charge in [-0.1, -0.05) is 30.3 Å². The molecule has 2 rings (SSSR count). The maximum atomic E-state index is 11.9. The van der Waals surface area contributed by atoms with Crippen LogP contribution in [0.3, 0.4) is 0 Å². The molecule has 2 amide bonds. The van der Waals surface area contributed by atoms with Crippen molar-refractivity contribution in [3.8, 4) is 0 Å². The van der Waals surface area contributed by atoms with Crippen LogP contribution in [0.1, 0.15) is 12.5 Å². The second-order valence-corrected chi connectivity index (χ2v) is 5.30. The molecule has 114 valence electrons. The van der Waals surface area contributed by atoms with Gasteiger partial charge in [-0.3, -0.25) is 4.79 Å². The predicted octanol–water partition coefficient (Wildman–Crippen LogP) is 1.02. The van der Waals surface area contributed by atoms with Crippen molar-refractivity contribution in [1.29, 1.82) is 0 Å². The Morgan fingerprint density at radius 2 is 2.05 bits per heavy atom. The third-order valence-corrected chi connectivity index (χ3v) is 3.48. The van der Waals surface area contributed by atoms with Crippen molar-refractivity contribution in [3.05, 3.63) is 35.9 Å². The molecule has 0 radical (unpaired) electrons. The van der Waals surface area contributed by atoms with Gasteiger partial charge in [0, 0.05) is 6.04 Å². The van der Waals surface area contributed by atoms with E-state index >= 15 is 0 Å². The molecule has 1 saturated heterocycles. The van der Waals surface area contributed by atoms with Gasteiger partial charge in [-0.25, -0.2) is 4.79 Å². The molecule has 0 aromatic heterocycles. The van der Waals surface area contributed by atoms with Crippen molar-refractivity contribution in [2.24, 2.45) is 5.92 Å². The molecule has 0 aliphatic carbocycles. The molecule has 3 N–H and O–H groups in total. The summed E-state index contributed by atoms with van der Waals surface area (Å²) in [6.45, 7) is 2.28. The molecule has 0 saturated carbocycles. The van der Waals surface area contributed by atoms with Crippen molar-refractivity contribution < 1.29 is 19.4 Å². The molecule has 3 unspecified atom stereocenters. The summed E-state index contributed by atoms with van der Waals surface area (Å²) in [5.74, 6) is -1.63. The van der Waals surface area contributed by atoms with Crippen molar-refractivity contribution in [1.82, 2.24) is 10.6 Å². The molecule has 21 heavy (non-hydrogen) atoms. The number of rotatable bonds is 5.